The summed E-state index contributed by atoms with van der Waals surface area (Å²) in [6, 6.07) is 3.27. The number of hydrogen-bond acceptors (Lipinski definition) is 6. The standard InChI is InChI=1S/C10H14N4O4S/c1-2-19-13-10(16)12-11-6-7-5-8(14(17)18)3-4-9(7)15/h3-6,14-15,17H,2H2,1H3,(H2,12,13,16)/b11-6+. The lowest BCUT2D eigenvalue weighted by Crippen LogP contribution is -2.99. The van der Waals surface area contributed by atoms with Crippen LogP contribution in [0.4, 0.5) is 10.5 Å². The highest BCUT2D eigenvalue weighted by Crippen LogP contribution is 2.17. The number of urea groups is 1. The van der Waals surface area contributed by atoms with Crippen molar-refractivity contribution in [3.8, 4) is 5.75 Å². The monoisotopic (exact) mass is 286 g/mol. The molecule has 1 unspecified atom stereocenters. The van der Waals surface area contributed by atoms with Gasteiger partial charge in [-0.2, -0.15) is 10.3 Å². The van der Waals surface area contributed by atoms with Gasteiger partial charge in [-0.05, 0) is 18.0 Å². The zero-order chi connectivity index (χ0) is 14.3. The Labute approximate surface area is 113 Å². The highest BCUT2D eigenvalue weighted by atomic mass is 32.2. The van der Waals surface area contributed by atoms with Gasteiger partial charge in [0.25, 0.3) is 0 Å². The largest absolute Gasteiger partial charge is 0.595 e. The third-order valence-electron chi connectivity index (χ3n) is 1.95. The van der Waals surface area contributed by atoms with E-state index in [9.17, 15) is 15.1 Å². The van der Waals surface area contributed by atoms with Gasteiger partial charge in [0.1, 0.15) is 5.75 Å². The third-order valence-corrected chi connectivity index (χ3v) is 2.57. The van der Waals surface area contributed by atoms with E-state index in [2.05, 4.69) is 15.2 Å². The van der Waals surface area contributed by atoms with E-state index in [1.807, 2.05) is 6.92 Å². The molecule has 0 spiro atoms. The van der Waals surface area contributed by atoms with E-state index in [4.69, 9.17) is 5.21 Å². The van der Waals surface area contributed by atoms with Crippen molar-refractivity contribution in [2.75, 3.05) is 5.75 Å². The third kappa shape index (κ3) is 5.14. The molecule has 0 saturated heterocycles. The number of carbonyl (C=O) groups is 1. The van der Waals surface area contributed by atoms with Gasteiger partial charge in [-0.25, -0.2) is 15.4 Å². The lowest BCUT2D eigenvalue weighted by Gasteiger charge is -2.12. The fourth-order valence-corrected chi connectivity index (χ4v) is 1.43. The van der Waals surface area contributed by atoms with Crippen LogP contribution in [-0.2, 0) is 0 Å². The first-order valence-electron chi connectivity index (χ1n) is 5.31. The van der Waals surface area contributed by atoms with Crippen LogP contribution >= 0.6 is 11.9 Å². The zero-order valence-electron chi connectivity index (χ0n) is 10.1. The Balaban J connectivity index is 2.65. The number of amides is 2. The molecule has 8 nitrogen and oxygen atoms in total. The van der Waals surface area contributed by atoms with E-state index in [-0.39, 0.29) is 17.0 Å². The molecule has 19 heavy (non-hydrogen) atoms. The number of phenolic OH excluding ortho intramolecular Hbond substituents is 1. The molecule has 1 aromatic rings. The molecule has 1 rings (SSSR count). The quantitative estimate of drug-likeness (QED) is 0.227. The molecule has 0 aliphatic rings. The maximum Gasteiger partial charge on any atom is 0.345 e. The maximum absolute atomic E-state index is 11.1. The van der Waals surface area contributed by atoms with Crippen molar-refractivity contribution in [2.24, 2.45) is 5.10 Å². The van der Waals surface area contributed by atoms with Crippen LogP contribution in [0.5, 0.6) is 5.75 Å². The van der Waals surface area contributed by atoms with Crippen molar-refractivity contribution in [3.63, 3.8) is 0 Å². The summed E-state index contributed by atoms with van der Waals surface area (Å²) in [4.78, 5) is 11.1. The van der Waals surface area contributed by atoms with Gasteiger partial charge in [0, 0.05) is 23.4 Å². The molecule has 0 saturated carbocycles. The summed E-state index contributed by atoms with van der Waals surface area (Å²) in [5.41, 5.74) is 2.40. The summed E-state index contributed by atoms with van der Waals surface area (Å²) < 4.78 is 2.46. The molecule has 1 aromatic carbocycles. The number of hydrogen-bond donors (Lipinski definition) is 5. The van der Waals surface area contributed by atoms with E-state index in [1.165, 1.54) is 30.1 Å². The summed E-state index contributed by atoms with van der Waals surface area (Å²) in [5, 5.41) is 31.6. The second-order valence-corrected chi connectivity index (χ2v) is 4.38. The number of nitrogens with one attached hydrogen (secondary N) is 3. The highest BCUT2D eigenvalue weighted by Gasteiger charge is 2.05. The zero-order valence-corrected chi connectivity index (χ0v) is 10.9. The number of hydrazone groups is 1. The minimum absolute atomic E-state index is 0.0187. The van der Waals surface area contributed by atoms with Gasteiger partial charge in [0.2, 0.25) is 0 Å². The molecule has 0 heterocycles. The molecule has 0 bridgehead atoms. The van der Waals surface area contributed by atoms with Gasteiger partial charge in [-0.15, -0.1) is 0 Å². The number of carbonyl (C=O) groups excluding carboxylic acids is 1. The van der Waals surface area contributed by atoms with Crippen LogP contribution in [0.15, 0.2) is 23.3 Å². The predicted molar refractivity (Wildman–Crippen MR) is 71.3 cm³/mol. The lowest BCUT2D eigenvalue weighted by atomic mass is 10.2. The fraction of sp³-hybridized carbons (Fsp3) is 0.200. The van der Waals surface area contributed by atoms with Crippen molar-refractivity contribution < 1.29 is 20.3 Å². The number of phenols is 1. The van der Waals surface area contributed by atoms with Gasteiger partial charge in [0.05, 0.1) is 6.21 Å². The van der Waals surface area contributed by atoms with Crippen molar-refractivity contribution >= 4 is 29.9 Å². The van der Waals surface area contributed by atoms with E-state index in [0.717, 1.165) is 12.0 Å². The molecule has 9 heteroatoms. The molecule has 1 atom stereocenters. The first kappa shape index (κ1) is 15.2. The average molecular weight is 286 g/mol. The molecule has 0 aromatic heterocycles. The number of quaternary nitrogens is 1. The Hall–Kier alpha value is -1.81. The molecular weight excluding hydrogens is 272 g/mol. The first-order chi connectivity index (χ1) is 9.04. The van der Waals surface area contributed by atoms with E-state index in [0.29, 0.717) is 0 Å². The second-order valence-electron chi connectivity index (χ2n) is 3.31. The highest BCUT2D eigenvalue weighted by molar-refractivity contribution is 7.97. The Morgan fingerprint density at radius 1 is 1.63 bits per heavy atom. The summed E-state index contributed by atoms with van der Waals surface area (Å²) in [6.07, 6.45) is 1.16. The van der Waals surface area contributed by atoms with E-state index < -0.39 is 11.3 Å². The molecule has 5 N–H and O–H groups in total. The van der Waals surface area contributed by atoms with Crippen molar-refractivity contribution in [1.29, 1.82) is 0 Å². The second kappa shape index (κ2) is 7.59. The minimum atomic E-state index is -1.11. The lowest BCUT2D eigenvalue weighted by molar-refractivity contribution is -0.991. The summed E-state index contributed by atoms with van der Waals surface area (Å²) in [5.74, 6) is 0.595. The first-order valence-corrected chi connectivity index (χ1v) is 6.30. The summed E-state index contributed by atoms with van der Waals surface area (Å²) >= 11 is 1.21. The van der Waals surface area contributed by atoms with Crippen LogP contribution in [0.25, 0.3) is 0 Å². The van der Waals surface area contributed by atoms with Crippen LogP contribution in [-0.4, -0.2) is 28.3 Å². The van der Waals surface area contributed by atoms with Crippen LogP contribution in [0.3, 0.4) is 0 Å². The maximum atomic E-state index is 11.1. The Bertz CT molecular complexity index is 467. The predicted octanol–water partition coefficient (Wildman–Crippen LogP) is 0.0968. The molecule has 0 aliphatic carbocycles. The Morgan fingerprint density at radius 2 is 2.37 bits per heavy atom. The number of aromatic hydroxyl groups is 1. The van der Waals surface area contributed by atoms with Gasteiger partial charge in [-0.3, -0.25) is 4.72 Å². The van der Waals surface area contributed by atoms with Crippen molar-refractivity contribution in [2.45, 2.75) is 6.92 Å². The number of rotatable bonds is 5. The molecule has 2 amide bonds. The Kier molecular flexibility index (Phi) is 6.09. The van der Waals surface area contributed by atoms with Crippen LogP contribution in [0.2, 0.25) is 0 Å². The van der Waals surface area contributed by atoms with Crippen LogP contribution in [0, 0.1) is 5.21 Å². The number of benzene rings is 1. The van der Waals surface area contributed by atoms with Crippen LogP contribution < -0.4 is 15.4 Å². The topological polar surface area (TPSA) is 121 Å². The molecule has 0 aliphatic heterocycles. The molecule has 104 valence electrons. The van der Waals surface area contributed by atoms with Crippen LogP contribution in [0.1, 0.15) is 12.5 Å². The van der Waals surface area contributed by atoms with Gasteiger partial charge < -0.3 is 10.3 Å². The average Bonchev–Trinajstić information content (AvgIpc) is 2.38. The molecule has 0 radical (unpaired) electrons. The Morgan fingerprint density at radius 3 is 3.00 bits per heavy atom. The van der Waals surface area contributed by atoms with E-state index in [1.54, 1.807) is 0 Å². The smallest absolute Gasteiger partial charge is 0.345 e. The molecule has 0 fully saturated rings. The van der Waals surface area contributed by atoms with E-state index >= 15 is 0 Å². The van der Waals surface area contributed by atoms with Crippen molar-refractivity contribution in [1.82, 2.24) is 10.1 Å². The summed E-state index contributed by atoms with van der Waals surface area (Å²) in [7, 11) is 0. The molecular formula is C10H14N4O4S. The van der Waals surface area contributed by atoms with Gasteiger partial charge in [0.15, 0.2) is 5.69 Å². The summed E-state index contributed by atoms with van der Waals surface area (Å²) in [6.45, 7) is 1.88. The SMILES string of the molecule is CCSNC(=O)N/N=C/c1cc([NH+]([O-])O)ccc1O. The minimum Gasteiger partial charge on any atom is -0.595 e. The normalized spacial score (nSPS) is 12.4. The van der Waals surface area contributed by atoms with Gasteiger partial charge >= 0.3 is 6.03 Å². The van der Waals surface area contributed by atoms with Crippen molar-refractivity contribution in [3.05, 3.63) is 29.0 Å². The van der Waals surface area contributed by atoms with Gasteiger partial charge in [-0.1, -0.05) is 6.92 Å². The number of nitrogens with zero attached hydrogens (tertiary/aromatic N) is 1. The fourth-order valence-electron chi connectivity index (χ4n) is 1.11.